The molecule has 0 saturated carbocycles. The zero-order valence-corrected chi connectivity index (χ0v) is 12.9. The summed E-state index contributed by atoms with van der Waals surface area (Å²) >= 11 is 0. The van der Waals surface area contributed by atoms with Gasteiger partial charge in [0.25, 0.3) is 0 Å². The monoisotopic (exact) mass is 308 g/mol. The molecule has 1 aromatic carbocycles. The van der Waals surface area contributed by atoms with Crippen molar-refractivity contribution in [2.24, 2.45) is 5.73 Å². The Hall–Kier alpha value is -1.52. The van der Waals surface area contributed by atoms with Crippen LogP contribution in [0.15, 0.2) is 34.7 Å². The number of likely N-dealkylation sites (tertiary alicyclic amines) is 1. The summed E-state index contributed by atoms with van der Waals surface area (Å²) in [6, 6.07) is 10.0. The van der Waals surface area contributed by atoms with Crippen LogP contribution in [0.3, 0.4) is 0 Å². The molecule has 114 valence electrons. The zero-order chi connectivity index (χ0) is 14.1. The molecule has 1 fully saturated rings. The molecule has 1 saturated heterocycles. The van der Waals surface area contributed by atoms with Gasteiger partial charge in [-0.1, -0.05) is 18.2 Å². The number of nitrogens with two attached hydrogens (primary N) is 1. The first-order valence-corrected chi connectivity index (χ1v) is 7.18. The summed E-state index contributed by atoms with van der Waals surface area (Å²) in [6.45, 7) is 3.42. The van der Waals surface area contributed by atoms with Crippen molar-refractivity contribution in [3.8, 4) is 0 Å². The number of fused-ring (bicyclic) bond motifs is 1. The van der Waals surface area contributed by atoms with Gasteiger partial charge in [0.1, 0.15) is 11.3 Å². The number of hydrogen-bond acceptors (Lipinski definition) is 3. The van der Waals surface area contributed by atoms with Gasteiger partial charge in [0, 0.05) is 24.5 Å². The minimum atomic E-state index is -0.239. The van der Waals surface area contributed by atoms with Crippen LogP contribution in [0.5, 0.6) is 0 Å². The summed E-state index contributed by atoms with van der Waals surface area (Å²) < 4.78 is 5.79. The number of piperidine rings is 1. The molecule has 2 aromatic rings. The van der Waals surface area contributed by atoms with Gasteiger partial charge in [-0.15, -0.1) is 12.4 Å². The van der Waals surface area contributed by atoms with E-state index in [9.17, 15) is 4.79 Å². The largest absolute Gasteiger partial charge is 0.460 e. The number of rotatable bonds is 2. The van der Waals surface area contributed by atoms with E-state index in [-0.39, 0.29) is 30.3 Å². The van der Waals surface area contributed by atoms with E-state index in [4.69, 9.17) is 10.2 Å². The maximum Gasteiger partial charge on any atom is 0.233 e. The highest BCUT2D eigenvalue weighted by Crippen LogP contribution is 2.27. The first kappa shape index (κ1) is 15.9. The second-order valence-electron chi connectivity index (χ2n) is 5.57. The molecule has 0 radical (unpaired) electrons. The summed E-state index contributed by atoms with van der Waals surface area (Å²) in [5.74, 6) is 0.638. The van der Waals surface area contributed by atoms with Crippen LogP contribution in [0.4, 0.5) is 0 Å². The van der Waals surface area contributed by atoms with E-state index in [1.807, 2.05) is 42.2 Å². The third kappa shape index (κ3) is 3.22. The molecular weight excluding hydrogens is 288 g/mol. The molecule has 0 spiro atoms. The van der Waals surface area contributed by atoms with Crippen molar-refractivity contribution in [1.29, 1.82) is 0 Å². The van der Waals surface area contributed by atoms with Gasteiger partial charge in [0.05, 0.1) is 5.92 Å². The van der Waals surface area contributed by atoms with E-state index in [0.29, 0.717) is 0 Å². The van der Waals surface area contributed by atoms with Gasteiger partial charge in [-0.3, -0.25) is 4.79 Å². The maximum absolute atomic E-state index is 12.5. The second-order valence-corrected chi connectivity index (χ2v) is 5.57. The standard InChI is InChI=1S/C16H20N2O2.ClH/c1-11(16(19)18-8-6-13(17)7-9-18)15-10-12-4-2-3-5-14(12)20-15;/h2-5,10-11,13H,6-9,17H2,1H3;1H. The number of para-hydroxylation sites is 1. The van der Waals surface area contributed by atoms with Crippen LogP contribution < -0.4 is 5.73 Å². The summed E-state index contributed by atoms with van der Waals surface area (Å²) in [5.41, 5.74) is 6.71. The van der Waals surface area contributed by atoms with Crippen molar-refractivity contribution in [2.45, 2.75) is 31.7 Å². The van der Waals surface area contributed by atoms with Crippen LogP contribution >= 0.6 is 12.4 Å². The Morgan fingerprint density at radius 2 is 2.00 bits per heavy atom. The molecular formula is C16H21ClN2O2. The minimum Gasteiger partial charge on any atom is -0.460 e. The molecule has 0 bridgehead atoms. The Balaban J connectivity index is 0.00000161. The molecule has 4 nitrogen and oxygen atoms in total. The molecule has 5 heteroatoms. The third-order valence-corrected chi connectivity index (χ3v) is 4.09. The van der Waals surface area contributed by atoms with Gasteiger partial charge in [-0.05, 0) is 31.9 Å². The summed E-state index contributed by atoms with van der Waals surface area (Å²) in [6.07, 6.45) is 1.77. The van der Waals surface area contributed by atoms with Crippen LogP contribution in [0.2, 0.25) is 0 Å². The molecule has 1 atom stereocenters. The summed E-state index contributed by atoms with van der Waals surface area (Å²) in [7, 11) is 0. The first-order chi connectivity index (χ1) is 9.65. The summed E-state index contributed by atoms with van der Waals surface area (Å²) in [5, 5.41) is 1.04. The number of hydrogen-bond donors (Lipinski definition) is 1. The van der Waals surface area contributed by atoms with Gasteiger partial charge in [0.2, 0.25) is 5.91 Å². The number of benzene rings is 1. The number of halogens is 1. The molecule has 3 rings (SSSR count). The normalized spacial score (nSPS) is 17.5. The predicted molar refractivity (Wildman–Crippen MR) is 85.7 cm³/mol. The van der Waals surface area contributed by atoms with Crippen LogP contribution in [0.25, 0.3) is 11.0 Å². The van der Waals surface area contributed by atoms with Gasteiger partial charge in [-0.2, -0.15) is 0 Å². The smallest absolute Gasteiger partial charge is 0.233 e. The lowest BCUT2D eigenvalue weighted by Crippen LogP contribution is -2.44. The SMILES string of the molecule is CC(C(=O)N1CCC(N)CC1)c1cc2ccccc2o1.Cl. The van der Waals surface area contributed by atoms with Crippen molar-refractivity contribution in [3.05, 3.63) is 36.1 Å². The van der Waals surface area contributed by atoms with Crippen molar-refractivity contribution in [3.63, 3.8) is 0 Å². The minimum absolute atomic E-state index is 0. The quantitative estimate of drug-likeness (QED) is 0.928. The lowest BCUT2D eigenvalue weighted by atomic mass is 10.0. The van der Waals surface area contributed by atoms with Crippen LogP contribution in [-0.4, -0.2) is 29.9 Å². The Morgan fingerprint density at radius 3 is 2.67 bits per heavy atom. The van der Waals surface area contributed by atoms with E-state index >= 15 is 0 Å². The number of nitrogens with zero attached hydrogens (tertiary/aromatic N) is 1. The lowest BCUT2D eigenvalue weighted by molar-refractivity contribution is -0.133. The number of carbonyl (C=O) groups is 1. The van der Waals surface area contributed by atoms with Crippen LogP contribution in [0, 0.1) is 0 Å². The van der Waals surface area contributed by atoms with Crippen molar-refractivity contribution >= 4 is 29.3 Å². The van der Waals surface area contributed by atoms with E-state index in [1.165, 1.54) is 0 Å². The topological polar surface area (TPSA) is 59.5 Å². The average Bonchev–Trinajstić information content (AvgIpc) is 2.90. The fraction of sp³-hybridized carbons (Fsp3) is 0.438. The van der Waals surface area contributed by atoms with Gasteiger partial charge in [-0.25, -0.2) is 0 Å². The zero-order valence-electron chi connectivity index (χ0n) is 12.1. The Labute approximate surface area is 130 Å². The van der Waals surface area contributed by atoms with Gasteiger partial charge >= 0.3 is 0 Å². The van der Waals surface area contributed by atoms with Crippen LogP contribution in [-0.2, 0) is 4.79 Å². The van der Waals surface area contributed by atoms with E-state index in [1.54, 1.807) is 0 Å². The Kier molecular flexibility index (Phi) is 4.91. The van der Waals surface area contributed by atoms with Crippen molar-refractivity contribution < 1.29 is 9.21 Å². The molecule has 1 aliphatic heterocycles. The predicted octanol–water partition coefficient (Wildman–Crippen LogP) is 2.91. The van der Waals surface area contributed by atoms with E-state index in [2.05, 4.69) is 0 Å². The number of carbonyl (C=O) groups excluding carboxylic acids is 1. The molecule has 1 aliphatic rings. The van der Waals surface area contributed by atoms with Crippen molar-refractivity contribution in [1.82, 2.24) is 4.90 Å². The summed E-state index contributed by atoms with van der Waals surface area (Å²) in [4.78, 5) is 14.4. The van der Waals surface area contributed by atoms with E-state index in [0.717, 1.165) is 42.7 Å². The molecule has 0 aliphatic carbocycles. The highest BCUT2D eigenvalue weighted by Gasteiger charge is 2.27. The molecule has 2 heterocycles. The lowest BCUT2D eigenvalue weighted by Gasteiger charge is -2.31. The fourth-order valence-electron chi connectivity index (χ4n) is 2.73. The Morgan fingerprint density at radius 1 is 1.33 bits per heavy atom. The van der Waals surface area contributed by atoms with Crippen LogP contribution in [0.1, 0.15) is 31.4 Å². The first-order valence-electron chi connectivity index (χ1n) is 7.18. The highest BCUT2D eigenvalue weighted by molar-refractivity contribution is 5.86. The Bertz CT molecular complexity index is 585. The average molecular weight is 309 g/mol. The number of amides is 1. The number of furan rings is 1. The third-order valence-electron chi connectivity index (χ3n) is 4.09. The van der Waals surface area contributed by atoms with Crippen molar-refractivity contribution in [2.75, 3.05) is 13.1 Å². The molecule has 21 heavy (non-hydrogen) atoms. The maximum atomic E-state index is 12.5. The fourth-order valence-corrected chi connectivity index (χ4v) is 2.73. The molecule has 1 unspecified atom stereocenters. The van der Waals surface area contributed by atoms with E-state index < -0.39 is 0 Å². The van der Waals surface area contributed by atoms with Gasteiger partial charge in [0.15, 0.2) is 0 Å². The van der Waals surface area contributed by atoms with Gasteiger partial charge < -0.3 is 15.1 Å². The molecule has 1 aromatic heterocycles. The highest BCUT2D eigenvalue weighted by atomic mass is 35.5. The second kappa shape index (κ2) is 6.50. The molecule has 2 N–H and O–H groups in total. The molecule has 1 amide bonds.